The minimum Gasteiger partial charge on any atom is -0.443 e. The maximum atomic E-state index is 5.75. The monoisotopic (exact) mass is 324 g/mol. The number of nitrogens with one attached hydrogen (secondary N) is 2. The molecule has 0 aromatic carbocycles. The molecule has 0 fully saturated rings. The van der Waals surface area contributed by atoms with Gasteiger partial charge in [-0.2, -0.15) is 0 Å². The van der Waals surface area contributed by atoms with Crippen LogP contribution in [0.5, 0.6) is 0 Å². The van der Waals surface area contributed by atoms with Gasteiger partial charge in [-0.3, -0.25) is 0 Å². The van der Waals surface area contributed by atoms with Crippen LogP contribution in [0.2, 0.25) is 0 Å². The normalized spacial score (nSPS) is 12.7. The van der Waals surface area contributed by atoms with Crippen molar-refractivity contribution in [1.29, 1.82) is 0 Å². The Bertz CT molecular complexity index is 475. The highest BCUT2D eigenvalue weighted by Gasteiger charge is 2.18. The molecular weight excluding hydrogens is 292 g/mol. The topological polar surface area (TPSA) is 71.7 Å². The summed E-state index contributed by atoms with van der Waals surface area (Å²) in [7, 11) is 0. The number of oxazole rings is 1. The second kappa shape index (κ2) is 9.55. The van der Waals surface area contributed by atoms with Gasteiger partial charge in [0.05, 0.1) is 12.8 Å². The summed E-state index contributed by atoms with van der Waals surface area (Å²) in [5.74, 6) is 2.81. The number of aliphatic imine (C=N–C) groups is 1. The summed E-state index contributed by atoms with van der Waals surface area (Å²) < 4.78 is 11.3. The smallest absolute Gasteiger partial charge is 0.216 e. The molecule has 0 aliphatic rings. The van der Waals surface area contributed by atoms with Crippen molar-refractivity contribution in [1.82, 2.24) is 15.6 Å². The van der Waals surface area contributed by atoms with Gasteiger partial charge in [-0.05, 0) is 12.8 Å². The summed E-state index contributed by atoms with van der Waals surface area (Å²) in [6, 6.07) is 0. The summed E-state index contributed by atoms with van der Waals surface area (Å²) in [5, 5.41) is 6.45. The van der Waals surface area contributed by atoms with E-state index in [-0.39, 0.29) is 5.41 Å². The van der Waals surface area contributed by atoms with Gasteiger partial charge in [0, 0.05) is 25.1 Å². The standard InChI is InChI=1S/C17H32N4O2/c1-7-18-16(19-8-9-22-12-13(2)3)21-11-15-20-10-14(23-15)17(4,5)6/h10,13H,7-9,11-12H2,1-6H3,(H2,18,19,21). The van der Waals surface area contributed by atoms with Gasteiger partial charge in [-0.15, -0.1) is 0 Å². The Hall–Kier alpha value is -1.56. The molecule has 0 saturated heterocycles. The summed E-state index contributed by atoms with van der Waals surface area (Å²) >= 11 is 0. The predicted octanol–water partition coefficient (Wildman–Crippen LogP) is 2.70. The highest BCUT2D eigenvalue weighted by atomic mass is 16.5. The Kier molecular flexibility index (Phi) is 8.09. The van der Waals surface area contributed by atoms with Crippen LogP contribution in [-0.2, 0) is 16.7 Å². The molecule has 1 aromatic rings. The van der Waals surface area contributed by atoms with E-state index in [2.05, 4.69) is 55.2 Å². The van der Waals surface area contributed by atoms with E-state index in [9.17, 15) is 0 Å². The fourth-order valence-corrected chi connectivity index (χ4v) is 1.78. The lowest BCUT2D eigenvalue weighted by molar-refractivity contribution is 0.114. The van der Waals surface area contributed by atoms with Crippen LogP contribution in [-0.4, -0.2) is 37.2 Å². The van der Waals surface area contributed by atoms with Crippen LogP contribution in [0.25, 0.3) is 0 Å². The van der Waals surface area contributed by atoms with Gasteiger partial charge in [0.1, 0.15) is 12.3 Å². The number of rotatable bonds is 8. The van der Waals surface area contributed by atoms with Crippen LogP contribution < -0.4 is 10.6 Å². The van der Waals surface area contributed by atoms with E-state index < -0.39 is 0 Å². The average molecular weight is 324 g/mol. The number of guanidine groups is 1. The Morgan fingerprint density at radius 2 is 2.09 bits per heavy atom. The Morgan fingerprint density at radius 1 is 1.35 bits per heavy atom. The molecule has 0 unspecified atom stereocenters. The molecule has 0 spiro atoms. The molecule has 2 N–H and O–H groups in total. The van der Waals surface area contributed by atoms with Gasteiger partial charge < -0.3 is 19.8 Å². The fourth-order valence-electron chi connectivity index (χ4n) is 1.78. The maximum absolute atomic E-state index is 5.75. The number of hydrogen-bond donors (Lipinski definition) is 2. The third kappa shape index (κ3) is 8.02. The van der Waals surface area contributed by atoms with Crippen molar-refractivity contribution >= 4 is 5.96 Å². The summed E-state index contributed by atoms with van der Waals surface area (Å²) in [6.45, 7) is 16.0. The second-order valence-corrected chi connectivity index (χ2v) is 6.96. The number of aromatic nitrogens is 1. The van der Waals surface area contributed by atoms with Crippen LogP contribution in [0, 0.1) is 5.92 Å². The van der Waals surface area contributed by atoms with Gasteiger partial charge in [0.15, 0.2) is 5.96 Å². The van der Waals surface area contributed by atoms with Crippen molar-refractivity contribution < 1.29 is 9.15 Å². The second-order valence-electron chi connectivity index (χ2n) is 6.96. The van der Waals surface area contributed by atoms with Gasteiger partial charge >= 0.3 is 0 Å². The van der Waals surface area contributed by atoms with Crippen LogP contribution in [0.3, 0.4) is 0 Å². The minimum absolute atomic E-state index is 0.0362. The fraction of sp³-hybridized carbons (Fsp3) is 0.765. The molecular formula is C17H32N4O2. The molecule has 0 saturated carbocycles. The predicted molar refractivity (Wildman–Crippen MR) is 93.7 cm³/mol. The summed E-state index contributed by atoms with van der Waals surface area (Å²) in [5.41, 5.74) is -0.0362. The summed E-state index contributed by atoms with van der Waals surface area (Å²) in [4.78, 5) is 8.78. The van der Waals surface area contributed by atoms with E-state index >= 15 is 0 Å². The SMILES string of the molecule is CCNC(=NCc1ncc(C(C)(C)C)o1)NCCOCC(C)C. The van der Waals surface area contributed by atoms with Gasteiger partial charge in [-0.1, -0.05) is 34.6 Å². The van der Waals surface area contributed by atoms with E-state index in [4.69, 9.17) is 9.15 Å². The van der Waals surface area contributed by atoms with Crippen molar-refractivity contribution in [2.45, 2.75) is 53.5 Å². The third-order valence-corrected chi connectivity index (χ3v) is 3.00. The molecule has 0 aliphatic carbocycles. The molecule has 0 atom stereocenters. The first-order chi connectivity index (χ1) is 10.8. The first-order valence-corrected chi connectivity index (χ1v) is 8.38. The molecule has 6 heteroatoms. The zero-order valence-corrected chi connectivity index (χ0v) is 15.4. The number of nitrogens with zero attached hydrogens (tertiary/aromatic N) is 2. The third-order valence-electron chi connectivity index (χ3n) is 3.00. The lowest BCUT2D eigenvalue weighted by atomic mass is 9.94. The molecule has 0 radical (unpaired) electrons. The largest absolute Gasteiger partial charge is 0.443 e. The van der Waals surface area contributed by atoms with E-state index in [1.807, 2.05) is 6.92 Å². The van der Waals surface area contributed by atoms with Gasteiger partial charge in [0.25, 0.3) is 0 Å². The van der Waals surface area contributed by atoms with Crippen molar-refractivity contribution in [2.24, 2.45) is 10.9 Å². The van der Waals surface area contributed by atoms with Crippen LogP contribution in [0.15, 0.2) is 15.6 Å². The number of hydrogen-bond acceptors (Lipinski definition) is 4. The quantitative estimate of drug-likeness (QED) is 0.437. The molecule has 0 amide bonds. The Balaban J connectivity index is 2.46. The lowest BCUT2D eigenvalue weighted by Gasteiger charge is -2.13. The van der Waals surface area contributed by atoms with Gasteiger partial charge in [0.2, 0.25) is 5.89 Å². The van der Waals surface area contributed by atoms with Crippen molar-refractivity contribution in [2.75, 3.05) is 26.3 Å². The van der Waals surface area contributed by atoms with Gasteiger partial charge in [-0.25, -0.2) is 9.98 Å². The summed E-state index contributed by atoms with van der Waals surface area (Å²) in [6.07, 6.45) is 1.78. The molecule has 1 rings (SSSR count). The van der Waals surface area contributed by atoms with Crippen LogP contribution in [0.1, 0.15) is 53.2 Å². The van der Waals surface area contributed by atoms with E-state index in [0.717, 1.165) is 31.4 Å². The van der Waals surface area contributed by atoms with Crippen molar-refractivity contribution in [3.63, 3.8) is 0 Å². The molecule has 0 aliphatic heterocycles. The first-order valence-electron chi connectivity index (χ1n) is 8.38. The van der Waals surface area contributed by atoms with E-state index in [0.29, 0.717) is 25.0 Å². The highest BCUT2D eigenvalue weighted by molar-refractivity contribution is 5.79. The zero-order valence-electron chi connectivity index (χ0n) is 15.4. The first kappa shape index (κ1) is 19.5. The molecule has 1 aromatic heterocycles. The number of ether oxygens (including phenoxy) is 1. The van der Waals surface area contributed by atoms with Crippen molar-refractivity contribution in [3.05, 3.63) is 17.8 Å². The van der Waals surface area contributed by atoms with Crippen molar-refractivity contribution in [3.8, 4) is 0 Å². The van der Waals surface area contributed by atoms with Crippen LogP contribution in [0.4, 0.5) is 0 Å². The lowest BCUT2D eigenvalue weighted by Crippen LogP contribution is -2.39. The maximum Gasteiger partial charge on any atom is 0.216 e. The Labute approximate surface area is 140 Å². The molecule has 132 valence electrons. The molecule has 6 nitrogen and oxygen atoms in total. The van der Waals surface area contributed by atoms with Crippen LogP contribution >= 0.6 is 0 Å². The average Bonchev–Trinajstić information content (AvgIpc) is 2.93. The zero-order chi connectivity index (χ0) is 17.3. The minimum atomic E-state index is -0.0362. The molecule has 23 heavy (non-hydrogen) atoms. The Morgan fingerprint density at radius 3 is 2.65 bits per heavy atom. The molecule has 0 bridgehead atoms. The van der Waals surface area contributed by atoms with E-state index in [1.54, 1.807) is 6.20 Å². The molecule has 1 heterocycles. The highest BCUT2D eigenvalue weighted by Crippen LogP contribution is 2.22. The van der Waals surface area contributed by atoms with E-state index in [1.165, 1.54) is 0 Å².